The Balaban J connectivity index is 2.02. The fourth-order valence-corrected chi connectivity index (χ4v) is 7.62. The van der Waals surface area contributed by atoms with Gasteiger partial charge in [-0.25, -0.2) is 25.6 Å². The molecule has 0 radical (unpaired) electrons. The highest BCUT2D eigenvalue weighted by Crippen LogP contribution is 2.37. The number of β-amino-alcohol motifs (C(OH)–C–C–N with tert-alkyl or cyclic N) is 1. The average molecular weight is 539 g/mol. The van der Waals surface area contributed by atoms with Crippen molar-refractivity contribution in [2.75, 3.05) is 26.8 Å². The number of sulfonamides is 1. The zero-order chi connectivity index (χ0) is 25.5. The van der Waals surface area contributed by atoms with E-state index in [0.717, 1.165) is 30.3 Å². The zero-order valence-electron chi connectivity index (χ0n) is 17.7. The first kappa shape index (κ1) is 26.4. The van der Waals surface area contributed by atoms with Crippen molar-refractivity contribution < 1.29 is 40.6 Å². The molecule has 14 heteroatoms. The lowest BCUT2D eigenvalue weighted by molar-refractivity contribution is 0.00159. The first-order valence-electron chi connectivity index (χ1n) is 9.66. The molecule has 1 aliphatic heterocycles. The van der Waals surface area contributed by atoms with Crippen molar-refractivity contribution in [3.63, 3.8) is 0 Å². The van der Waals surface area contributed by atoms with Crippen LogP contribution in [0, 0.1) is 5.41 Å². The minimum atomic E-state index is -4.69. The molecule has 0 aromatic heterocycles. The molecule has 2 aromatic rings. The topological polar surface area (TPSA) is 145 Å². The first-order chi connectivity index (χ1) is 15.8. The Morgan fingerprint density at radius 1 is 1.24 bits per heavy atom. The van der Waals surface area contributed by atoms with Crippen LogP contribution in [0.4, 0.5) is 8.78 Å². The number of rotatable bonds is 7. The summed E-state index contributed by atoms with van der Waals surface area (Å²) in [7, 11) is -7.84. The Morgan fingerprint density at radius 3 is 2.38 bits per heavy atom. The Labute approximate surface area is 200 Å². The van der Waals surface area contributed by atoms with Crippen LogP contribution < -0.4 is 0 Å². The fraction of sp³-hybridized carbons (Fsp3) is 0.350. The van der Waals surface area contributed by atoms with Crippen LogP contribution in [0.2, 0.25) is 5.02 Å². The van der Waals surface area contributed by atoms with Crippen LogP contribution in [0.15, 0.2) is 52.3 Å². The minimum absolute atomic E-state index is 0.118. The van der Waals surface area contributed by atoms with E-state index >= 15 is 0 Å². The predicted molar refractivity (Wildman–Crippen MR) is 118 cm³/mol. The minimum Gasteiger partial charge on any atom is -0.481 e. The molecule has 0 spiro atoms. The SMILES string of the molecule is COC(=N)c1ccc(S(=O)(=O)[C@H]2CN(S(=O)(=O)c3ccc(Cl)cc3C(F)F)C[C@@]2(O)CO)cc1. The third-order valence-electron chi connectivity index (χ3n) is 5.54. The number of nitrogens with zero attached hydrogens (tertiary/aromatic N) is 1. The van der Waals surface area contributed by atoms with E-state index in [9.17, 15) is 35.8 Å². The van der Waals surface area contributed by atoms with Gasteiger partial charge in [-0.15, -0.1) is 0 Å². The lowest BCUT2D eigenvalue weighted by Crippen LogP contribution is -2.49. The summed E-state index contributed by atoms with van der Waals surface area (Å²) >= 11 is 5.71. The van der Waals surface area contributed by atoms with Gasteiger partial charge in [-0.3, -0.25) is 5.41 Å². The quantitative estimate of drug-likeness (QED) is 0.360. The van der Waals surface area contributed by atoms with Crippen LogP contribution in [0.1, 0.15) is 17.6 Å². The zero-order valence-corrected chi connectivity index (χ0v) is 20.0. The highest BCUT2D eigenvalue weighted by molar-refractivity contribution is 7.92. The van der Waals surface area contributed by atoms with Crippen LogP contribution in [0.3, 0.4) is 0 Å². The molecule has 0 aliphatic carbocycles. The Morgan fingerprint density at radius 2 is 1.85 bits per heavy atom. The summed E-state index contributed by atoms with van der Waals surface area (Å²) in [5.74, 6) is -0.216. The summed E-state index contributed by atoms with van der Waals surface area (Å²) < 4.78 is 85.2. The van der Waals surface area contributed by atoms with Crippen LogP contribution >= 0.6 is 11.6 Å². The molecule has 2 aromatic carbocycles. The van der Waals surface area contributed by atoms with E-state index in [0.29, 0.717) is 4.31 Å². The van der Waals surface area contributed by atoms with E-state index in [-0.39, 0.29) is 21.4 Å². The van der Waals surface area contributed by atoms with Gasteiger partial charge in [0.25, 0.3) is 6.43 Å². The summed E-state index contributed by atoms with van der Waals surface area (Å²) in [5, 5.41) is 26.4. The molecule has 2 atom stereocenters. The molecule has 3 rings (SSSR count). The van der Waals surface area contributed by atoms with Crippen LogP contribution in [-0.4, -0.2) is 74.9 Å². The number of methoxy groups -OCH3 is 1. The van der Waals surface area contributed by atoms with Crippen LogP contribution in [0.5, 0.6) is 0 Å². The molecule has 0 amide bonds. The number of alkyl halides is 2. The van der Waals surface area contributed by atoms with Crippen molar-refractivity contribution in [3.05, 3.63) is 58.6 Å². The van der Waals surface area contributed by atoms with Gasteiger partial charge in [0, 0.05) is 29.2 Å². The monoisotopic (exact) mass is 538 g/mol. The summed E-state index contributed by atoms with van der Waals surface area (Å²) in [6, 6.07) is 7.67. The van der Waals surface area contributed by atoms with Gasteiger partial charge in [0.05, 0.1) is 23.5 Å². The summed E-state index contributed by atoms with van der Waals surface area (Å²) in [6.07, 6.45) is -3.19. The Hall–Kier alpha value is -2.16. The second-order valence-electron chi connectivity index (χ2n) is 7.63. The van der Waals surface area contributed by atoms with E-state index in [1.54, 1.807) is 0 Å². The number of benzene rings is 2. The van der Waals surface area contributed by atoms with E-state index in [1.807, 2.05) is 0 Å². The maximum atomic E-state index is 13.5. The molecular formula is C20H21ClF2N2O7S2. The van der Waals surface area contributed by atoms with Crippen LogP contribution in [-0.2, 0) is 24.6 Å². The fourth-order valence-electron chi connectivity index (χ4n) is 3.69. The van der Waals surface area contributed by atoms with Gasteiger partial charge in [-0.05, 0) is 42.5 Å². The van der Waals surface area contributed by atoms with Crippen molar-refractivity contribution >= 4 is 37.4 Å². The second-order valence-corrected chi connectivity index (χ2v) is 12.1. The normalized spacial score (nSPS) is 21.7. The molecule has 0 saturated carbocycles. The Kier molecular flexibility index (Phi) is 7.37. The standard InChI is InChI=1S/C20H21ClF2N2O7S2/c1-32-19(24)12-2-5-14(6-3-12)33(28,29)17-9-25(10-20(17,27)11-26)34(30,31)16-7-4-13(21)8-15(16)18(22)23/h2-8,17-18,24,26-27H,9-11H2,1H3/t17-,20+/m0/s1. The molecule has 34 heavy (non-hydrogen) atoms. The van der Waals surface area contributed by atoms with Gasteiger partial charge in [0.15, 0.2) is 9.84 Å². The van der Waals surface area contributed by atoms with Gasteiger partial charge in [0.2, 0.25) is 15.9 Å². The van der Waals surface area contributed by atoms with E-state index in [4.69, 9.17) is 21.7 Å². The largest absolute Gasteiger partial charge is 0.481 e. The van der Waals surface area contributed by atoms with E-state index < -0.39 is 67.3 Å². The summed E-state index contributed by atoms with van der Waals surface area (Å²) in [5.41, 5.74) is -3.00. The summed E-state index contributed by atoms with van der Waals surface area (Å²) in [4.78, 5) is -1.08. The number of aliphatic hydroxyl groups excluding tert-OH is 1. The number of halogens is 3. The van der Waals surface area contributed by atoms with Crippen molar-refractivity contribution in [2.24, 2.45) is 0 Å². The number of hydrogen-bond donors (Lipinski definition) is 3. The lowest BCUT2D eigenvalue weighted by Gasteiger charge is -2.26. The number of aliphatic hydroxyl groups is 2. The lowest BCUT2D eigenvalue weighted by atomic mass is 10.1. The highest BCUT2D eigenvalue weighted by atomic mass is 35.5. The maximum absolute atomic E-state index is 13.5. The average Bonchev–Trinajstić information content (AvgIpc) is 3.18. The van der Waals surface area contributed by atoms with Crippen LogP contribution in [0.25, 0.3) is 0 Å². The third-order valence-corrected chi connectivity index (χ3v) is 9.93. The Bertz CT molecular complexity index is 1300. The van der Waals surface area contributed by atoms with Gasteiger partial charge < -0.3 is 14.9 Å². The van der Waals surface area contributed by atoms with Gasteiger partial charge in [-0.1, -0.05) is 11.6 Å². The number of nitrogens with one attached hydrogen (secondary N) is 1. The molecule has 186 valence electrons. The second kappa shape index (κ2) is 9.47. The van der Waals surface area contributed by atoms with Crippen molar-refractivity contribution in [1.29, 1.82) is 5.41 Å². The van der Waals surface area contributed by atoms with E-state index in [2.05, 4.69) is 0 Å². The number of ether oxygens (including phenoxy) is 1. The molecule has 1 fully saturated rings. The van der Waals surface area contributed by atoms with Crippen molar-refractivity contribution in [1.82, 2.24) is 4.31 Å². The molecular weight excluding hydrogens is 518 g/mol. The number of sulfone groups is 1. The molecule has 1 aliphatic rings. The number of hydrogen-bond acceptors (Lipinski definition) is 8. The summed E-state index contributed by atoms with van der Waals surface area (Å²) in [6.45, 7) is -2.73. The predicted octanol–water partition coefficient (Wildman–Crippen LogP) is 1.82. The van der Waals surface area contributed by atoms with Crippen molar-refractivity contribution in [2.45, 2.75) is 27.1 Å². The van der Waals surface area contributed by atoms with E-state index in [1.165, 1.54) is 19.2 Å². The first-order valence-corrected chi connectivity index (χ1v) is 13.0. The highest BCUT2D eigenvalue weighted by Gasteiger charge is 2.55. The molecule has 0 bridgehead atoms. The molecule has 1 saturated heterocycles. The molecule has 1 heterocycles. The smallest absolute Gasteiger partial charge is 0.265 e. The molecule has 3 N–H and O–H groups in total. The molecule has 9 nitrogen and oxygen atoms in total. The third kappa shape index (κ3) is 4.68. The van der Waals surface area contributed by atoms with Crippen molar-refractivity contribution in [3.8, 4) is 0 Å². The van der Waals surface area contributed by atoms with Gasteiger partial charge >= 0.3 is 0 Å². The van der Waals surface area contributed by atoms with Gasteiger partial charge in [0.1, 0.15) is 10.9 Å². The molecule has 0 unspecified atom stereocenters. The maximum Gasteiger partial charge on any atom is 0.265 e. The van der Waals surface area contributed by atoms with Gasteiger partial charge in [-0.2, -0.15) is 4.31 Å².